The fourth-order valence-electron chi connectivity index (χ4n) is 1.71. The van der Waals surface area contributed by atoms with Crippen molar-refractivity contribution in [1.82, 2.24) is 14.0 Å². The molecule has 0 aliphatic carbocycles. The van der Waals surface area contributed by atoms with Gasteiger partial charge >= 0.3 is 5.69 Å². The Morgan fingerprint density at radius 1 is 1.18 bits per heavy atom. The van der Waals surface area contributed by atoms with Gasteiger partial charge < -0.3 is 4.90 Å². The number of fused-ring (bicyclic) bond motifs is 1. The number of thiophene rings is 1. The van der Waals surface area contributed by atoms with E-state index in [1.54, 1.807) is 4.57 Å². The van der Waals surface area contributed by atoms with Crippen molar-refractivity contribution >= 4 is 21.6 Å². The monoisotopic (exact) mass is 327 g/mol. The van der Waals surface area contributed by atoms with Gasteiger partial charge in [-0.15, -0.1) is 11.3 Å². The van der Waals surface area contributed by atoms with Gasteiger partial charge in [0.1, 0.15) is 4.70 Å². The number of hydrogen-bond acceptors (Lipinski definition) is 4. The van der Waals surface area contributed by atoms with Crippen molar-refractivity contribution in [2.45, 2.75) is 40.7 Å². The van der Waals surface area contributed by atoms with Crippen LogP contribution in [-0.4, -0.2) is 34.7 Å². The van der Waals surface area contributed by atoms with Crippen LogP contribution in [-0.2, 0) is 13.6 Å². The van der Waals surface area contributed by atoms with Gasteiger partial charge in [0.15, 0.2) is 0 Å². The Morgan fingerprint density at radius 3 is 2.23 bits per heavy atom. The van der Waals surface area contributed by atoms with Gasteiger partial charge in [0, 0.05) is 20.1 Å². The van der Waals surface area contributed by atoms with Crippen molar-refractivity contribution in [3.05, 3.63) is 32.3 Å². The molecular weight excluding hydrogens is 298 g/mol. The first-order valence-corrected chi connectivity index (χ1v) is 8.63. The van der Waals surface area contributed by atoms with Crippen molar-refractivity contribution in [3.8, 4) is 0 Å². The van der Waals surface area contributed by atoms with Crippen LogP contribution in [0.5, 0.6) is 0 Å². The van der Waals surface area contributed by atoms with E-state index in [0.717, 1.165) is 12.1 Å². The van der Waals surface area contributed by atoms with Gasteiger partial charge in [-0.05, 0) is 25.5 Å². The maximum absolute atomic E-state index is 12.0. The van der Waals surface area contributed by atoms with Gasteiger partial charge in [0.05, 0.1) is 5.52 Å². The van der Waals surface area contributed by atoms with Crippen LogP contribution in [0.2, 0.25) is 0 Å². The summed E-state index contributed by atoms with van der Waals surface area (Å²) in [5.74, 6) is 0. The molecule has 2 rings (SSSR count). The fourth-order valence-corrected chi connectivity index (χ4v) is 2.58. The van der Waals surface area contributed by atoms with Gasteiger partial charge in [-0.3, -0.25) is 13.9 Å². The highest BCUT2D eigenvalue weighted by Crippen LogP contribution is 2.14. The molecule has 126 valence electrons. The lowest BCUT2D eigenvalue weighted by atomic mass is 10.4. The van der Waals surface area contributed by atoms with Crippen molar-refractivity contribution in [2.75, 3.05) is 20.6 Å². The summed E-state index contributed by atoms with van der Waals surface area (Å²) >= 11 is 1.38. The van der Waals surface area contributed by atoms with Gasteiger partial charge in [-0.2, -0.15) is 0 Å². The Kier molecular flexibility index (Phi) is 9.69. The molecule has 6 heteroatoms. The van der Waals surface area contributed by atoms with Crippen LogP contribution < -0.4 is 11.2 Å². The van der Waals surface area contributed by atoms with Crippen LogP contribution in [0, 0.1) is 0 Å². The molecule has 0 bridgehead atoms. The first-order valence-electron chi connectivity index (χ1n) is 7.75. The van der Waals surface area contributed by atoms with Crippen molar-refractivity contribution < 1.29 is 0 Å². The van der Waals surface area contributed by atoms with E-state index in [4.69, 9.17) is 0 Å². The molecule has 2 heterocycles. The third-order valence-corrected chi connectivity index (χ3v) is 3.61. The van der Waals surface area contributed by atoms with E-state index in [0.29, 0.717) is 11.2 Å². The predicted molar refractivity (Wildman–Crippen MR) is 97.2 cm³/mol. The van der Waals surface area contributed by atoms with Crippen LogP contribution in [0.1, 0.15) is 34.1 Å². The number of rotatable bonds is 3. The zero-order valence-corrected chi connectivity index (χ0v) is 15.7. The van der Waals surface area contributed by atoms with E-state index >= 15 is 0 Å². The zero-order chi connectivity index (χ0) is 17.3. The maximum Gasteiger partial charge on any atom is 0.331 e. The maximum atomic E-state index is 12.0. The summed E-state index contributed by atoms with van der Waals surface area (Å²) in [5, 5.41) is 1.84. The Balaban J connectivity index is 0.000000789. The summed E-state index contributed by atoms with van der Waals surface area (Å²) in [5.41, 5.74) is 0.286. The van der Waals surface area contributed by atoms with Crippen LogP contribution >= 0.6 is 11.3 Å². The van der Waals surface area contributed by atoms with E-state index in [1.807, 2.05) is 44.3 Å². The molecule has 0 amide bonds. The first-order chi connectivity index (χ1) is 10.4. The number of aromatic nitrogens is 2. The summed E-state index contributed by atoms with van der Waals surface area (Å²) in [6.45, 7) is 9.61. The molecule has 0 spiro atoms. The topological polar surface area (TPSA) is 47.2 Å². The molecule has 2 aromatic rings. The highest BCUT2D eigenvalue weighted by atomic mass is 32.1. The van der Waals surface area contributed by atoms with E-state index in [2.05, 4.69) is 13.8 Å². The molecule has 0 aliphatic rings. The lowest BCUT2D eigenvalue weighted by Gasteiger charge is -2.13. The summed E-state index contributed by atoms with van der Waals surface area (Å²) < 4.78 is 3.48. The Bertz CT molecular complexity index is 668. The van der Waals surface area contributed by atoms with E-state index in [-0.39, 0.29) is 11.2 Å². The first kappa shape index (κ1) is 20.6. The molecule has 0 N–H and O–H groups in total. The Hall–Kier alpha value is -1.40. The quantitative estimate of drug-likeness (QED) is 0.871. The van der Waals surface area contributed by atoms with Crippen LogP contribution in [0.25, 0.3) is 10.2 Å². The van der Waals surface area contributed by atoms with E-state index in [1.165, 1.54) is 29.4 Å². The third kappa shape index (κ3) is 5.10. The van der Waals surface area contributed by atoms with Gasteiger partial charge in [-0.1, -0.05) is 34.1 Å². The molecule has 0 aromatic carbocycles. The van der Waals surface area contributed by atoms with E-state index in [9.17, 15) is 9.59 Å². The standard InChI is InChI=1S/C11H15N3O2S.C3H8.C2H6/c1-12(2)5-6-14-8-4-7-17-9(8)10(15)13(3)11(14)16;1-3-2;1-2/h4,7H,5-6H2,1-3H3;3H2,1-2H3;1-2H3. The highest BCUT2D eigenvalue weighted by Gasteiger charge is 2.11. The summed E-state index contributed by atoms with van der Waals surface area (Å²) in [6.07, 6.45) is 1.25. The highest BCUT2D eigenvalue weighted by molar-refractivity contribution is 7.17. The minimum atomic E-state index is -0.247. The minimum Gasteiger partial charge on any atom is -0.308 e. The molecule has 0 fully saturated rings. The molecule has 0 unspecified atom stereocenters. The Labute approximate surface area is 136 Å². The predicted octanol–water partition coefficient (Wildman–Crippen LogP) is 2.77. The minimum absolute atomic E-state index is 0.207. The summed E-state index contributed by atoms with van der Waals surface area (Å²) in [6, 6.07) is 1.83. The largest absolute Gasteiger partial charge is 0.331 e. The third-order valence-electron chi connectivity index (χ3n) is 2.72. The Morgan fingerprint density at radius 2 is 1.73 bits per heavy atom. The average Bonchev–Trinajstić information content (AvgIpc) is 2.97. The molecule has 0 saturated heterocycles. The zero-order valence-electron chi connectivity index (χ0n) is 14.8. The normalized spacial score (nSPS) is 10.0. The fraction of sp³-hybridized carbons (Fsp3) is 0.625. The molecule has 0 saturated carbocycles. The number of nitrogens with zero attached hydrogens (tertiary/aromatic N) is 3. The van der Waals surface area contributed by atoms with Crippen molar-refractivity contribution in [3.63, 3.8) is 0 Å². The van der Waals surface area contributed by atoms with Gasteiger partial charge in [0.25, 0.3) is 5.56 Å². The van der Waals surface area contributed by atoms with Gasteiger partial charge in [-0.25, -0.2) is 4.79 Å². The average molecular weight is 327 g/mol. The molecule has 0 radical (unpaired) electrons. The van der Waals surface area contributed by atoms with Crippen molar-refractivity contribution in [2.24, 2.45) is 7.05 Å². The number of hydrogen-bond donors (Lipinski definition) is 0. The molecular formula is C16H29N3O2S. The van der Waals surface area contributed by atoms with Gasteiger partial charge in [0.2, 0.25) is 0 Å². The smallest absolute Gasteiger partial charge is 0.308 e. The summed E-state index contributed by atoms with van der Waals surface area (Å²) in [7, 11) is 5.44. The molecule has 5 nitrogen and oxygen atoms in total. The van der Waals surface area contributed by atoms with E-state index < -0.39 is 0 Å². The molecule has 0 aliphatic heterocycles. The number of likely N-dealkylation sites (N-methyl/N-ethyl adjacent to an activating group) is 1. The SMILES string of the molecule is CC.CCC.CN(C)CCn1c(=O)n(C)c(=O)c2sccc21. The second-order valence-electron chi connectivity index (χ2n) is 4.94. The molecule has 22 heavy (non-hydrogen) atoms. The second-order valence-corrected chi connectivity index (χ2v) is 5.86. The lowest BCUT2D eigenvalue weighted by molar-refractivity contribution is 0.380. The van der Waals surface area contributed by atoms with Crippen LogP contribution in [0.4, 0.5) is 0 Å². The summed E-state index contributed by atoms with van der Waals surface area (Å²) in [4.78, 5) is 25.9. The molecule has 2 aromatic heterocycles. The molecule has 0 atom stereocenters. The second kappa shape index (κ2) is 10.3. The van der Waals surface area contributed by atoms with Crippen LogP contribution in [0.3, 0.4) is 0 Å². The van der Waals surface area contributed by atoms with Crippen molar-refractivity contribution in [1.29, 1.82) is 0 Å². The van der Waals surface area contributed by atoms with Crippen LogP contribution in [0.15, 0.2) is 21.0 Å². The lowest BCUT2D eigenvalue weighted by Crippen LogP contribution is -2.39.